The molecule has 2 aromatic carbocycles. The molecule has 1 unspecified atom stereocenters. The third-order valence-electron chi connectivity index (χ3n) is 4.04. The number of benzene rings is 2. The fourth-order valence-electron chi connectivity index (χ4n) is 2.75. The summed E-state index contributed by atoms with van der Waals surface area (Å²) in [7, 11) is 0. The quantitative estimate of drug-likeness (QED) is 0.878. The Morgan fingerprint density at radius 3 is 2.42 bits per heavy atom. The number of piperazine rings is 1. The Morgan fingerprint density at radius 2 is 1.71 bits per heavy atom. The standard InChI is InChI=1S/C19H20N2O3/c22-18(16-9-5-2-6-10-16)17-13-20-11-12-21(17)19(23)24-14-15-7-3-1-4-8-15/h1-10,17,20H,11-14H2. The van der Waals surface area contributed by atoms with Crippen molar-refractivity contribution in [1.29, 1.82) is 0 Å². The molecule has 1 saturated heterocycles. The van der Waals surface area contributed by atoms with E-state index in [2.05, 4.69) is 5.32 Å². The van der Waals surface area contributed by atoms with Crippen LogP contribution in [0.3, 0.4) is 0 Å². The zero-order valence-electron chi connectivity index (χ0n) is 13.4. The molecule has 5 nitrogen and oxygen atoms in total. The summed E-state index contributed by atoms with van der Waals surface area (Å²) in [5.41, 5.74) is 1.53. The summed E-state index contributed by atoms with van der Waals surface area (Å²) in [5, 5.41) is 3.17. The highest BCUT2D eigenvalue weighted by atomic mass is 16.6. The molecule has 1 aliphatic rings. The number of rotatable bonds is 4. The van der Waals surface area contributed by atoms with Gasteiger partial charge < -0.3 is 10.1 Å². The maximum absolute atomic E-state index is 12.7. The Balaban J connectivity index is 1.67. The van der Waals surface area contributed by atoms with Crippen LogP contribution in [0.15, 0.2) is 60.7 Å². The molecule has 1 aliphatic heterocycles. The second-order valence-electron chi connectivity index (χ2n) is 5.68. The third kappa shape index (κ3) is 3.81. The van der Waals surface area contributed by atoms with E-state index in [1.165, 1.54) is 4.90 Å². The van der Waals surface area contributed by atoms with Crippen LogP contribution in [0.4, 0.5) is 4.79 Å². The van der Waals surface area contributed by atoms with E-state index in [1.807, 2.05) is 48.5 Å². The Bertz CT molecular complexity index is 688. The van der Waals surface area contributed by atoms with E-state index < -0.39 is 12.1 Å². The van der Waals surface area contributed by atoms with Crippen molar-refractivity contribution in [3.63, 3.8) is 0 Å². The number of carbonyl (C=O) groups excluding carboxylic acids is 2. The van der Waals surface area contributed by atoms with Gasteiger partial charge in [-0.25, -0.2) is 4.79 Å². The maximum atomic E-state index is 12.7. The van der Waals surface area contributed by atoms with Crippen LogP contribution in [0.2, 0.25) is 0 Å². The van der Waals surface area contributed by atoms with Crippen LogP contribution in [0.1, 0.15) is 15.9 Å². The summed E-state index contributed by atoms with van der Waals surface area (Å²) in [4.78, 5) is 26.7. The first-order valence-electron chi connectivity index (χ1n) is 8.03. The van der Waals surface area contributed by atoms with Crippen LogP contribution in [-0.2, 0) is 11.3 Å². The molecular weight excluding hydrogens is 304 g/mol. The average molecular weight is 324 g/mol. The number of hydrogen-bond donors (Lipinski definition) is 1. The Labute approximate surface area is 141 Å². The molecule has 0 bridgehead atoms. The smallest absolute Gasteiger partial charge is 0.410 e. The summed E-state index contributed by atoms with van der Waals surface area (Å²) in [6, 6.07) is 18.0. The van der Waals surface area contributed by atoms with Gasteiger partial charge >= 0.3 is 6.09 Å². The van der Waals surface area contributed by atoms with Crippen LogP contribution < -0.4 is 5.32 Å². The third-order valence-corrected chi connectivity index (χ3v) is 4.04. The van der Waals surface area contributed by atoms with Crippen molar-refractivity contribution in [2.24, 2.45) is 0 Å². The fraction of sp³-hybridized carbons (Fsp3) is 0.263. The van der Waals surface area contributed by atoms with Crippen molar-refractivity contribution in [2.75, 3.05) is 19.6 Å². The number of nitrogens with zero attached hydrogens (tertiary/aromatic N) is 1. The highest BCUT2D eigenvalue weighted by molar-refractivity contribution is 6.01. The lowest BCUT2D eigenvalue weighted by molar-refractivity contribution is 0.0595. The highest BCUT2D eigenvalue weighted by Crippen LogP contribution is 2.13. The van der Waals surface area contributed by atoms with Crippen molar-refractivity contribution in [2.45, 2.75) is 12.6 Å². The zero-order valence-corrected chi connectivity index (χ0v) is 13.4. The van der Waals surface area contributed by atoms with Crippen molar-refractivity contribution in [3.8, 4) is 0 Å². The van der Waals surface area contributed by atoms with Gasteiger partial charge in [0.2, 0.25) is 0 Å². The maximum Gasteiger partial charge on any atom is 0.410 e. The molecule has 1 fully saturated rings. The molecule has 1 heterocycles. The molecule has 0 radical (unpaired) electrons. The fourth-order valence-corrected chi connectivity index (χ4v) is 2.75. The number of ether oxygens (including phenoxy) is 1. The number of Topliss-reactive ketones (excluding diaryl/α,β-unsaturated/α-hetero) is 1. The van der Waals surface area contributed by atoms with E-state index in [1.54, 1.807) is 12.1 Å². The number of ketones is 1. The average Bonchev–Trinajstić information content (AvgIpc) is 2.67. The lowest BCUT2D eigenvalue weighted by Crippen LogP contribution is -2.57. The molecule has 2 aromatic rings. The van der Waals surface area contributed by atoms with Gasteiger partial charge in [-0.1, -0.05) is 60.7 Å². The minimum atomic E-state index is -0.538. The zero-order chi connectivity index (χ0) is 16.8. The second kappa shape index (κ2) is 7.75. The van der Waals surface area contributed by atoms with Gasteiger partial charge in [0, 0.05) is 25.2 Å². The topological polar surface area (TPSA) is 58.6 Å². The van der Waals surface area contributed by atoms with Gasteiger partial charge in [0.1, 0.15) is 12.6 Å². The summed E-state index contributed by atoms with van der Waals surface area (Å²) in [6.07, 6.45) is -0.449. The summed E-state index contributed by atoms with van der Waals surface area (Å²) >= 11 is 0. The molecule has 24 heavy (non-hydrogen) atoms. The van der Waals surface area contributed by atoms with Crippen LogP contribution in [0.5, 0.6) is 0 Å². The molecule has 0 saturated carbocycles. The molecule has 1 amide bonds. The minimum Gasteiger partial charge on any atom is -0.445 e. The summed E-state index contributed by atoms with van der Waals surface area (Å²) in [5.74, 6) is -0.0699. The Kier molecular flexibility index (Phi) is 5.23. The number of amides is 1. The van der Waals surface area contributed by atoms with E-state index in [9.17, 15) is 9.59 Å². The number of carbonyl (C=O) groups is 2. The summed E-state index contributed by atoms with van der Waals surface area (Å²) < 4.78 is 5.39. The SMILES string of the molecule is O=C(c1ccccc1)C1CNCCN1C(=O)OCc1ccccc1. The molecule has 5 heteroatoms. The number of hydrogen-bond acceptors (Lipinski definition) is 4. The Morgan fingerprint density at radius 1 is 1.04 bits per heavy atom. The lowest BCUT2D eigenvalue weighted by Gasteiger charge is -2.34. The second-order valence-corrected chi connectivity index (χ2v) is 5.68. The predicted molar refractivity (Wildman–Crippen MR) is 90.8 cm³/mol. The van der Waals surface area contributed by atoms with Crippen LogP contribution in [0.25, 0.3) is 0 Å². The summed E-state index contributed by atoms with van der Waals surface area (Å²) in [6.45, 7) is 1.75. The van der Waals surface area contributed by atoms with Crippen LogP contribution in [-0.4, -0.2) is 42.5 Å². The van der Waals surface area contributed by atoms with Gasteiger partial charge in [-0.05, 0) is 5.56 Å². The normalized spacial score (nSPS) is 17.3. The first-order chi connectivity index (χ1) is 11.8. The molecule has 1 N–H and O–H groups in total. The first-order valence-corrected chi connectivity index (χ1v) is 8.03. The van der Waals surface area contributed by atoms with Crippen molar-refractivity contribution in [3.05, 3.63) is 71.8 Å². The van der Waals surface area contributed by atoms with E-state index in [-0.39, 0.29) is 12.4 Å². The molecule has 3 rings (SSSR count). The van der Waals surface area contributed by atoms with Crippen LogP contribution in [0, 0.1) is 0 Å². The highest BCUT2D eigenvalue weighted by Gasteiger charge is 2.33. The molecular formula is C19H20N2O3. The number of nitrogens with one attached hydrogen (secondary N) is 1. The molecule has 0 spiro atoms. The van der Waals surface area contributed by atoms with E-state index in [4.69, 9.17) is 4.74 Å². The van der Waals surface area contributed by atoms with Gasteiger partial charge in [-0.2, -0.15) is 0 Å². The van der Waals surface area contributed by atoms with Gasteiger partial charge in [0.25, 0.3) is 0 Å². The predicted octanol–water partition coefficient (Wildman–Crippen LogP) is 2.48. The van der Waals surface area contributed by atoms with E-state index in [0.29, 0.717) is 25.2 Å². The van der Waals surface area contributed by atoms with Gasteiger partial charge in [-0.3, -0.25) is 9.69 Å². The largest absolute Gasteiger partial charge is 0.445 e. The van der Waals surface area contributed by atoms with Gasteiger partial charge in [0.15, 0.2) is 5.78 Å². The van der Waals surface area contributed by atoms with Crippen molar-refractivity contribution >= 4 is 11.9 Å². The molecule has 0 aromatic heterocycles. The Hall–Kier alpha value is -2.66. The first kappa shape index (κ1) is 16.2. The van der Waals surface area contributed by atoms with Gasteiger partial charge in [-0.15, -0.1) is 0 Å². The molecule has 0 aliphatic carbocycles. The van der Waals surface area contributed by atoms with E-state index >= 15 is 0 Å². The monoisotopic (exact) mass is 324 g/mol. The molecule has 1 atom stereocenters. The van der Waals surface area contributed by atoms with Gasteiger partial charge in [0.05, 0.1) is 0 Å². The van der Waals surface area contributed by atoms with Crippen LogP contribution >= 0.6 is 0 Å². The van der Waals surface area contributed by atoms with E-state index in [0.717, 1.165) is 5.56 Å². The molecule has 124 valence electrons. The van der Waals surface area contributed by atoms with Crippen molar-refractivity contribution in [1.82, 2.24) is 10.2 Å². The minimum absolute atomic E-state index is 0.0699. The van der Waals surface area contributed by atoms with Crippen molar-refractivity contribution < 1.29 is 14.3 Å². The lowest BCUT2D eigenvalue weighted by atomic mass is 10.0.